The fraction of sp³-hybridized carbons (Fsp3) is 0.438. The van der Waals surface area contributed by atoms with Gasteiger partial charge < -0.3 is 75.8 Å². The van der Waals surface area contributed by atoms with E-state index in [-0.39, 0.29) is 153 Å². The Labute approximate surface area is 528 Å². The number of Topliss-reactive ketones (excluding diaryl/α,β-unsaturated/α-hetero) is 8. The molecule has 39 heteroatoms. The van der Waals surface area contributed by atoms with Crippen molar-refractivity contribution in [1.29, 1.82) is 0 Å². The molecule has 21 nitrogen and oxygen atoms in total. The van der Waals surface area contributed by atoms with Gasteiger partial charge in [0.1, 0.15) is 11.6 Å². The van der Waals surface area contributed by atoms with Crippen LogP contribution in [0.2, 0.25) is 0 Å². The van der Waals surface area contributed by atoms with Gasteiger partial charge in [-0.1, -0.05) is 0 Å². The van der Waals surface area contributed by atoms with Crippen LogP contribution in [0.4, 0.5) is 65.9 Å². The van der Waals surface area contributed by atoms with Gasteiger partial charge in [-0.05, 0) is 104 Å². The molecule has 0 spiro atoms. The Balaban J connectivity index is -0.0000000514. The number of ketones is 12. The Morgan fingerprint density at radius 1 is 0.345 bits per heavy atom. The molecule has 0 aliphatic carbocycles. The van der Waals surface area contributed by atoms with Crippen molar-refractivity contribution in [2.75, 3.05) is 0 Å². The summed E-state index contributed by atoms with van der Waals surface area (Å²) in [4.78, 5) is 121. The van der Waals surface area contributed by atoms with Gasteiger partial charge in [0.2, 0.25) is 5.76 Å². The quantitative estimate of drug-likeness (QED) is 0.0266. The van der Waals surface area contributed by atoms with Crippen molar-refractivity contribution in [2.24, 2.45) is 0 Å². The molecule has 0 saturated heterocycles. The maximum Gasteiger partial charge on any atom is 0.454 e. The minimum Gasteiger partial charge on any atom is -0.512 e. The second-order valence-electron chi connectivity index (χ2n) is 14.8. The van der Waals surface area contributed by atoms with Gasteiger partial charge in [-0.3, -0.25) is 47.5 Å². The maximum atomic E-state index is 11.4. The van der Waals surface area contributed by atoms with Gasteiger partial charge in [0.15, 0.2) is 23.1 Å². The van der Waals surface area contributed by atoms with Crippen LogP contribution in [0.3, 0.4) is 0 Å². The summed E-state index contributed by atoms with van der Waals surface area (Å²) in [7, 11) is 0. The standard InChI is InChI=1S/2C6H10O2.C6H9O2.C5H2F6O2.C5H5F3O2.2C5H4F3O2.2C5H8O2.3Ir.3H2O/c3*1-4(5(2)7)6(3)8;6-4(7,8)2(12)1-3(13)5(9,10)11;3*1-3(9)2-4(10)5(6,7)8;2*1-4(6)3-5(2)7;;;;;;/h2*7H,1-3H3;1-3H3;1,12H;2,9H,1H3;2*2H,1H3;2*3,6H,1-2H3;;;;3*1H2/q;;-1;;;2*-1;;;;;;;;/p+3. The Hall–Kier alpha value is -6.33. The first-order chi connectivity index (χ1) is 35.5. The number of allylic oxidation sites excluding steroid dienone is 12. The smallest absolute Gasteiger partial charge is 0.454 e. The summed E-state index contributed by atoms with van der Waals surface area (Å²) in [5.74, 6) is -14.1. The number of hydrogen-bond acceptors (Lipinski definition) is 18. The van der Waals surface area contributed by atoms with Crippen molar-refractivity contribution in [2.45, 2.75) is 142 Å². The average molecular weight is 1840 g/mol. The van der Waals surface area contributed by atoms with Crippen LogP contribution in [-0.2, 0) is 134 Å². The molecule has 0 unspecified atom stereocenters. The van der Waals surface area contributed by atoms with E-state index in [2.05, 4.69) is 0 Å². The summed E-state index contributed by atoms with van der Waals surface area (Å²) >= 11 is 0. The van der Waals surface area contributed by atoms with E-state index in [1.807, 2.05) is 0 Å². The molecule has 3 radical (unpaired) electrons. The first-order valence-corrected chi connectivity index (χ1v) is 20.8. The summed E-state index contributed by atoms with van der Waals surface area (Å²) < 4.78 is 170. The summed E-state index contributed by atoms with van der Waals surface area (Å²) in [6, 6.07) is 0. The zero-order chi connectivity index (χ0) is 67.9. The molecule has 0 amide bonds. The van der Waals surface area contributed by atoms with Crippen LogP contribution in [0, 0.1) is 18.8 Å². The largest absolute Gasteiger partial charge is 0.512 e. The van der Waals surface area contributed by atoms with Gasteiger partial charge in [-0.2, -0.15) is 72.8 Å². The number of aliphatic hydroxyl groups excluding tert-OH is 6. The van der Waals surface area contributed by atoms with E-state index in [4.69, 9.17) is 30.6 Å². The number of carbonyl (C=O) groups is 12. The average Bonchev–Trinajstić information content (AvgIpc) is 3.21. The molecular formula is C48H69F15Ir3O21. The molecule has 0 bridgehead atoms. The minimum absolute atomic E-state index is 0. The topological polar surface area (TPSA) is 425 Å². The van der Waals surface area contributed by atoms with E-state index >= 15 is 0 Å². The summed E-state index contributed by atoms with van der Waals surface area (Å²) in [6.45, 7) is 21.8. The van der Waals surface area contributed by atoms with Gasteiger partial charge >= 0.3 is 30.9 Å². The third-order valence-electron chi connectivity index (χ3n) is 6.71. The molecule has 0 saturated carbocycles. The third kappa shape index (κ3) is 93.6. The predicted octanol–water partition coefficient (Wildman–Crippen LogP) is 8.44. The number of aliphatic hydroxyl groups is 6. The molecule has 0 aliphatic heterocycles. The Morgan fingerprint density at radius 3 is 0.609 bits per heavy atom. The van der Waals surface area contributed by atoms with Gasteiger partial charge in [0.25, 0.3) is 11.6 Å². The minimum atomic E-state index is -5.42. The van der Waals surface area contributed by atoms with Crippen molar-refractivity contribution >= 4 is 69.4 Å². The van der Waals surface area contributed by atoms with Crippen molar-refractivity contribution in [3.05, 3.63) is 88.8 Å². The molecule has 0 atom stereocenters. The molecule has 0 fully saturated rings. The predicted molar refractivity (Wildman–Crippen MR) is 270 cm³/mol. The Bertz CT molecular complexity index is 2230. The van der Waals surface area contributed by atoms with E-state index in [0.717, 1.165) is 20.8 Å². The Kier molecular flexibility index (Phi) is 78.4. The van der Waals surface area contributed by atoms with E-state index in [1.54, 1.807) is 13.8 Å². The van der Waals surface area contributed by atoms with E-state index in [1.165, 1.54) is 88.3 Å². The van der Waals surface area contributed by atoms with E-state index in [9.17, 15) is 123 Å². The molecule has 0 aromatic heterocycles. The molecule has 0 rings (SSSR count). The first-order valence-electron chi connectivity index (χ1n) is 20.8. The maximum absolute atomic E-state index is 11.4. The van der Waals surface area contributed by atoms with Crippen molar-refractivity contribution in [1.82, 2.24) is 0 Å². The van der Waals surface area contributed by atoms with Gasteiger partial charge in [0, 0.05) is 119 Å². The SMILES string of the molecule is CC(=O)C(C)=C(C)O.CC(=O)C(C)=C(C)O.CC(=O)C=C(C)O.CC(=O)C=C(C)O.CC(=O)[C-](C)C(C)=O.CC(=O)[CH-]C(=O)C(F)(F)F.CC(=O)[CH-]C(=O)C(F)(F)F.CC(O)=CC(=O)C(F)(F)F.O=C(C=C(O)C(F)(F)F)C(F)(F)F.[Ir].[Ir].[Ir].[OH3+].[OH3+].[OH3+]. The van der Waals surface area contributed by atoms with Crippen LogP contribution in [0.5, 0.6) is 0 Å². The van der Waals surface area contributed by atoms with Crippen molar-refractivity contribution < 1.29 is 231 Å². The number of rotatable bonds is 12. The molecular weight excluding hydrogens is 1770 g/mol. The molecule has 15 N–H and O–H groups in total. The molecule has 0 aliphatic rings. The number of hydrogen-bond donors (Lipinski definition) is 6. The van der Waals surface area contributed by atoms with Crippen LogP contribution < -0.4 is 0 Å². The number of alkyl halides is 15. The van der Waals surface area contributed by atoms with Gasteiger partial charge in [-0.25, -0.2) is 0 Å². The summed E-state index contributed by atoms with van der Waals surface area (Å²) in [6.07, 6.45) is -23.9. The monoisotopic (exact) mass is 1850 g/mol. The third-order valence-corrected chi connectivity index (χ3v) is 6.71. The number of halogens is 15. The molecule has 87 heavy (non-hydrogen) atoms. The summed E-state index contributed by atoms with van der Waals surface area (Å²) in [5, 5.41) is 50.2. The van der Waals surface area contributed by atoms with Crippen molar-refractivity contribution in [3.8, 4) is 0 Å². The van der Waals surface area contributed by atoms with E-state index in [0.29, 0.717) is 17.1 Å². The second-order valence-corrected chi connectivity index (χ2v) is 14.8. The molecule has 519 valence electrons. The summed E-state index contributed by atoms with van der Waals surface area (Å²) in [5.41, 5.74) is 0.870. The van der Waals surface area contributed by atoms with Gasteiger partial charge in [-0.15, -0.1) is 0 Å². The zero-order valence-corrected chi connectivity index (χ0v) is 55.6. The number of carbonyl (C=O) groups excluding carboxylic acids is 12. The van der Waals surface area contributed by atoms with Crippen LogP contribution in [0.15, 0.2) is 70.0 Å². The zero-order valence-electron chi connectivity index (χ0n) is 48.4. The Morgan fingerprint density at radius 2 is 0.552 bits per heavy atom. The van der Waals surface area contributed by atoms with Crippen LogP contribution in [-0.4, -0.2) is 131 Å². The molecule has 0 aromatic rings. The second kappa shape index (κ2) is 57.4. The molecule has 0 aromatic carbocycles. The van der Waals surface area contributed by atoms with Crippen LogP contribution >= 0.6 is 0 Å². The normalized spacial score (nSPS) is 11.2. The molecule has 0 heterocycles. The van der Waals surface area contributed by atoms with Crippen LogP contribution in [0.1, 0.15) is 111 Å². The van der Waals surface area contributed by atoms with E-state index < -0.39 is 83.2 Å². The first kappa shape index (κ1) is 119. The van der Waals surface area contributed by atoms with Crippen LogP contribution in [0.25, 0.3) is 0 Å². The fourth-order valence-electron chi connectivity index (χ4n) is 2.44. The van der Waals surface area contributed by atoms with Gasteiger partial charge in [0.05, 0.1) is 28.8 Å². The van der Waals surface area contributed by atoms with Crippen molar-refractivity contribution in [3.63, 3.8) is 0 Å². The fourth-order valence-corrected chi connectivity index (χ4v) is 2.44.